The van der Waals surface area contributed by atoms with Crippen molar-refractivity contribution in [1.29, 1.82) is 0 Å². The van der Waals surface area contributed by atoms with Gasteiger partial charge in [0.25, 0.3) is 0 Å². The van der Waals surface area contributed by atoms with Gasteiger partial charge in [-0.15, -0.1) is 12.4 Å². The summed E-state index contributed by atoms with van der Waals surface area (Å²) >= 11 is 0. The number of rotatable bonds is 4. The Morgan fingerprint density at radius 1 is 1.56 bits per heavy atom. The third-order valence-corrected chi connectivity index (χ3v) is 2.02. The van der Waals surface area contributed by atoms with Crippen LogP contribution in [0, 0.1) is 5.82 Å². The predicted molar refractivity (Wildman–Crippen MR) is 64.0 cm³/mol. The van der Waals surface area contributed by atoms with E-state index in [4.69, 9.17) is 5.73 Å². The zero-order valence-electron chi connectivity index (χ0n) is 9.07. The highest BCUT2D eigenvalue weighted by molar-refractivity contribution is 5.85. The second kappa shape index (κ2) is 7.19. The van der Waals surface area contributed by atoms with E-state index in [2.05, 4.69) is 5.32 Å². The summed E-state index contributed by atoms with van der Waals surface area (Å²) in [5.41, 5.74) is 6.23. The van der Waals surface area contributed by atoms with Crippen LogP contribution in [-0.2, 0) is 11.2 Å². The van der Waals surface area contributed by atoms with Gasteiger partial charge >= 0.3 is 0 Å². The number of hydrogen-bond acceptors (Lipinski definition) is 2. The lowest BCUT2D eigenvalue weighted by Gasteiger charge is -2.07. The molecule has 1 atom stereocenters. The average Bonchev–Trinajstić information content (AvgIpc) is 2.17. The van der Waals surface area contributed by atoms with Gasteiger partial charge < -0.3 is 11.1 Å². The Kier molecular flexibility index (Phi) is 6.69. The van der Waals surface area contributed by atoms with Gasteiger partial charge in [-0.2, -0.15) is 0 Å². The lowest BCUT2D eigenvalue weighted by Crippen LogP contribution is -2.39. The number of nitrogens with one attached hydrogen (secondary N) is 1. The number of carbonyl (C=O) groups is 1. The summed E-state index contributed by atoms with van der Waals surface area (Å²) in [5.74, 6) is -0.447. The second-order valence-corrected chi connectivity index (χ2v) is 3.46. The van der Waals surface area contributed by atoms with Gasteiger partial charge in [0.2, 0.25) is 5.91 Å². The van der Waals surface area contributed by atoms with Crippen molar-refractivity contribution >= 4 is 18.3 Å². The molecule has 0 heterocycles. The second-order valence-electron chi connectivity index (χ2n) is 3.46. The first-order valence-corrected chi connectivity index (χ1v) is 4.87. The summed E-state index contributed by atoms with van der Waals surface area (Å²) in [7, 11) is 0. The highest BCUT2D eigenvalue weighted by Crippen LogP contribution is 2.03. The fourth-order valence-electron chi connectivity index (χ4n) is 1.18. The molecule has 1 aromatic carbocycles. The normalized spacial score (nSPS) is 11.4. The Balaban J connectivity index is 0.00000225. The smallest absolute Gasteiger partial charge is 0.236 e. The van der Waals surface area contributed by atoms with Crippen LogP contribution in [0.1, 0.15) is 12.5 Å². The Labute approximate surface area is 101 Å². The van der Waals surface area contributed by atoms with Crippen molar-refractivity contribution in [2.45, 2.75) is 19.4 Å². The van der Waals surface area contributed by atoms with E-state index in [9.17, 15) is 9.18 Å². The molecule has 1 amide bonds. The van der Waals surface area contributed by atoms with E-state index in [-0.39, 0.29) is 24.1 Å². The number of nitrogens with two attached hydrogens (primary N) is 1. The first-order chi connectivity index (χ1) is 7.09. The van der Waals surface area contributed by atoms with Crippen molar-refractivity contribution in [3.8, 4) is 0 Å². The molecule has 0 aliphatic heterocycles. The SMILES string of the molecule is CC(N)C(=O)NCCc1cccc(F)c1.Cl. The minimum atomic E-state index is -0.502. The fraction of sp³-hybridized carbons (Fsp3) is 0.364. The molecule has 3 nitrogen and oxygen atoms in total. The molecule has 1 rings (SSSR count). The Morgan fingerprint density at radius 3 is 2.81 bits per heavy atom. The summed E-state index contributed by atoms with van der Waals surface area (Å²) < 4.78 is 12.8. The minimum absolute atomic E-state index is 0. The summed E-state index contributed by atoms with van der Waals surface area (Å²) in [6.45, 7) is 2.10. The van der Waals surface area contributed by atoms with Crippen molar-refractivity contribution in [3.05, 3.63) is 35.6 Å². The van der Waals surface area contributed by atoms with Crippen molar-refractivity contribution < 1.29 is 9.18 Å². The van der Waals surface area contributed by atoms with Gasteiger partial charge in [-0.05, 0) is 31.0 Å². The molecule has 5 heteroatoms. The van der Waals surface area contributed by atoms with Crippen LogP contribution in [0.3, 0.4) is 0 Å². The van der Waals surface area contributed by atoms with Crippen LogP contribution in [0.4, 0.5) is 4.39 Å². The standard InChI is InChI=1S/C11H15FN2O.ClH/c1-8(13)11(15)14-6-5-9-3-2-4-10(12)7-9;/h2-4,7-8H,5-6,13H2,1H3,(H,14,15);1H. The van der Waals surface area contributed by atoms with Gasteiger partial charge in [0, 0.05) is 6.54 Å². The Hall–Kier alpha value is -1.13. The van der Waals surface area contributed by atoms with Gasteiger partial charge in [0.1, 0.15) is 5.82 Å². The number of benzene rings is 1. The molecule has 0 aliphatic rings. The molecule has 0 bridgehead atoms. The van der Waals surface area contributed by atoms with E-state index in [1.807, 2.05) is 6.07 Å². The molecular formula is C11H16ClFN2O. The van der Waals surface area contributed by atoms with E-state index >= 15 is 0 Å². The average molecular weight is 247 g/mol. The zero-order valence-corrected chi connectivity index (χ0v) is 9.89. The fourth-order valence-corrected chi connectivity index (χ4v) is 1.18. The van der Waals surface area contributed by atoms with Gasteiger partial charge in [-0.3, -0.25) is 4.79 Å². The molecule has 90 valence electrons. The predicted octanol–water partition coefficient (Wildman–Crippen LogP) is 1.25. The van der Waals surface area contributed by atoms with Crippen molar-refractivity contribution in [2.75, 3.05) is 6.54 Å². The van der Waals surface area contributed by atoms with Crippen molar-refractivity contribution in [3.63, 3.8) is 0 Å². The highest BCUT2D eigenvalue weighted by Gasteiger charge is 2.05. The van der Waals surface area contributed by atoms with Crippen LogP contribution in [-0.4, -0.2) is 18.5 Å². The van der Waals surface area contributed by atoms with Gasteiger partial charge in [0.05, 0.1) is 6.04 Å². The molecule has 0 saturated heterocycles. The molecule has 0 aliphatic carbocycles. The summed E-state index contributed by atoms with van der Waals surface area (Å²) in [5, 5.41) is 2.66. The monoisotopic (exact) mass is 246 g/mol. The van der Waals surface area contributed by atoms with Gasteiger partial charge in [-0.1, -0.05) is 12.1 Å². The number of amides is 1. The van der Waals surface area contributed by atoms with Crippen molar-refractivity contribution in [1.82, 2.24) is 5.32 Å². The number of carbonyl (C=O) groups excluding carboxylic acids is 1. The number of hydrogen-bond donors (Lipinski definition) is 2. The summed E-state index contributed by atoms with van der Waals surface area (Å²) in [4.78, 5) is 11.1. The lowest BCUT2D eigenvalue weighted by molar-refractivity contribution is -0.121. The maximum Gasteiger partial charge on any atom is 0.236 e. The maximum absolute atomic E-state index is 12.8. The van der Waals surface area contributed by atoms with E-state index in [0.717, 1.165) is 5.56 Å². The lowest BCUT2D eigenvalue weighted by atomic mass is 10.1. The Bertz CT molecular complexity index is 345. The van der Waals surface area contributed by atoms with Crippen LogP contribution >= 0.6 is 12.4 Å². The van der Waals surface area contributed by atoms with Crippen LogP contribution in [0.25, 0.3) is 0 Å². The van der Waals surface area contributed by atoms with E-state index in [1.54, 1.807) is 13.0 Å². The first kappa shape index (κ1) is 14.9. The zero-order chi connectivity index (χ0) is 11.3. The largest absolute Gasteiger partial charge is 0.354 e. The summed E-state index contributed by atoms with van der Waals surface area (Å²) in [6.07, 6.45) is 0.607. The minimum Gasteiger partial charge on any atom is -0.354 e. The van der Waals surface area contributed by atoms with E-state index < -0.39 is 6.04 Å². The molecule has 0 radical (unpaired) electrons. The molecular weight excluding hydrogens is 231 g/mol. The molecule has 0 aromatic heterocycles. The van der Waals surface area contributed by atoms with Crippen molar-refractivity contribution in [2.24, 2.45) is 5.73 Å². The number of halogens is 2. The molecule has 1 unspecified atom stereocenters. The van der Waals surface area contributed by atoms with Crippen LogP contribution in [0.5, 0.6) is 0 Å². The van der Waals surface area contributed by atoms with E-state index in [1.165, 1.54) is 12.1 Å². The molecule has 3 N–H and O–H groups in total. The van der Waals surface area contributed by atoms with Crippen LogP contribution < -0.4 is 11.1 Å². The molecule has 0 saturated carbocycles. The van der Waals surface area contributed by atoms with Gasteiger partial charge in [-0.25, -0.2) is 4.39 Å². The highest BCUT2D eigenvalue weighted by atomic mass is 35.5. The molecule has 0 spiro atoms. The maximum atomic E-state index is 12.8. The third kappa shape index (κ3) is 5.09. The van der Waals surface area contributed by atoms with Crippen LogP contribution in [0.15, 0.2) is 24.3 Å². The molecule has 1 aromatic rings. The Morgan fingerprint density at radius 2 is 2.25 bits per heavy atom. The topological polar surface area (TPSA) is 55.1 Å². The van der Waals surface area contributed by atoms with Crippen LogP contribution in [0.2, 0.25) is 0 Å². The van der Waals surface area contributed by atoms with E-state index in [0.29, 0.717) is 13.0 Å². The van der Waals surface area contributed by atoms with Gasteiger partial charge in [0.15, 0.2) is 0 Å². The summed E-state index contributed by atoms with van der Waals surface area (Å²) in [6, 6.07) is 5.82. The third-order valence-electron chi connectivity index (χ3n) is 2.02. The molecule has 0 fully saturated rings. The first-order valence-electron chi connectivity index (χ1n) is 4.87. The molecule has 16 heavy (non-hydrogen) atoms. The quantitative estimate of drug-likeness (QED) is 0.840.